The summed E-state index contributed by atoms with van der Waals surface area (Å²) in [6, 6.07) is -0.830. The molecule has 1 fully saturated rings. The number of hydrogen-bond donors (Lipinski definition) is 4. The molecule has 0 radical (unpaired) electrons. The number of ether oxygens (including phenoxy) is 1. The molecule has 0 aromatic rings. The van der Waals surface area contributed by atoms with E-state index in [9.17, 15) is 4.21 Å². The Morgan fingerprint density at radius 1 is 1.47 bits per heavy atom. The van der Waals surface area contributed by atoms with E-state index in [1.807, 2.05) is 0 Å². The van der Waals surface area contributed by atoms with E-state index in [-0.39, 0.29) is 17.6 Å². The number of rotatable bonds is 7. The van der Waals surface area contributed by atoms with Gasteiger partial charge in [-0.2, -0.15) is 0 Å². The van der Waals surface area contributed by atoms with Crippen LogP contribution in [0.1, 0.15) is 19.8 Å². The summed E-state index contributed by atoms with van der Waals surface area (Å²) < 4.78 is 24.7. The summed E-state index contributed by atoms with van der Waals surface area (Å²) >= 11 is 0. The standard InChI is InChI=1S/C10H22N2O4S/c1-10(6-16-7-10)3-5-17(12,15)4-2-8(11)9(13)14/h8-9,12-14H,2-7,11H2,1H3/t8-,17?/m0/s1. The zero-order chi connectivity index (χ0) is 13.1. The van der Waals surface area contributed by atoms with E-state index in [1.165, 1.54) is 0 Å². The summed E-state index contributed by atoms with van der Waals surface area (Å²) in [6.07, 6.45) is -0.720. The summed E-state index contributed by atoms with van der Waals surface area (Å²) in [6.45, 7) is 3.38. The first kappa shape index (κ1) is 14.8. The predicted octanol–water partition coefficient (Wildman–Crippen LogP) is -0.512. The van der Waals surface area contributed by atoms with Gasteiger partial charge in [0.2, 0.25) is 0 Å². The maximum atomic E-state index is 11.9. The Kier molecular flexibility index (Phi) is 4.91. The zero-order valence-electron chi connectivity index (χ0n) is 10.1. The zero-order valence-corrected chi connectivity index (χ0v) is 10.9. The lowest BCUT2D eigenvalue weighted by Crippen LogP contribution is -2.41. The molecule has 1 aliphatic heterocycles. The predicted molar refractivity (Wildman–Crippen MR) is 65.0 cm³/mol. The number of aliphatic hydroxyl groups is 2. The molecule has 1 unspecified atom stereocenters. The molecule has 1 saturated heterocycles. The molecule has 2 atom stereocenters. The molecular formula is C10H22N2O4S. The van der Waals surface area contributed by atoms with Crippen molar-refractivity contribution in [2.24, 2.45) is 11.1 Å². The summed E-state index contributed by atoms with van der Waals surface area (Å²) in [7, 11) is -2.68. The van der Waals surface area contributed by atoms with Crippen LogP contribution < -0.4 is 5.73 Å². The van der Waals surface area contributed by atoms with E-state index in [0.29, 0.717) is 25.4 Å². The van der Waals surface area contributed by atoms with Crippen molar-refractivity contribution in [2.75, 3.05) is 24.7 Å². The molecule has 5 N–H and O–H groups in total. The highest BCUT2D eigenvalue weighted by Gasteiger charge is 2.33. The molecule has 7 heteroatoms. The second-order valence-electron chi connectivity index (χ2n) is 5.14. The van der Waals surface area contributed by atoms with Crippen molar-refractivity contribution in [3.8, 4) is 0 Å². The molecule has 1 rings (SSSR count). The normalized spacial score (nSPS) is 24.1. The minimum absolute atomic E-state index is 0.0579. The largest absolute Gasteiger partial charge is 0.380 e. The fourth-order valence-electron chi connectivity index (χ4n) is 1.58. The monoisotopic (exact) mass is 266 g/mol. The molecule has 0 bridgehead atoms. The molecule has 6 nitrogen and oxygen atoms in total. The van der Waals surface area contributed by atoms with Crippen LogP contribution in [0.4, 0.5) is 0 Å². The molecule has 0 spiro atoms. The van der Waals surface area contributed by atoms with E-state index in [2.05, 4.69) is 6.92 Å². The van der Waals surface area contributed by atoms with Gasteiger partial charge in [0, 0.05) is 26.6 Å². The fraction of sp³-hybridized carbons (Fsp3) is 1.00. The van der Waals surface area contributed by atoms with Gasteiger partial charge in [-0.25, -0.2) is 4.21 Å². The lowest BCUT2D eigenvalue weighted by molar-refractivity contribution is -0.102. The molecule has 102 valence electrons. The van der Waals surface area contributed by atoms with E-state index >= 15 is 0 Å². The molecular weight excluding hydrogens is 244 g/mol. The second-order valence-corrected chi connectivity index (χ2v) is 7.58. The average Bonchev–Trinajstić information content (AvgIpc) is 2.20. The van der Waals surface area contributed by atoms with Gasteiger partial charge in [-0.3, -0.25) is 4.78 Å². The lowest BCUT2D eigenvalue weighted by Gasteiger charge is -2.38. The SMILES string of the molecule is CC1(CCS(=N)(=O)CC[C@H](N)C(O)O)COC1. The van der Waals surface area contributed by atoms with Crippen molar-refractivity contribution in [1.29, 1.82) is 4.78 Å². The van der Waals surface area contributed by atoms with E-state index < -0.39 is 22.1 Å². The Morgan fingerprint density at radius 2 is 2.06 bits per heavy atom. The van der Waals surface area contributed by atoms with Gasteiger partial charge in [0.1, 0.15) is 0 Å². The first-order valence-corrected chi connectivity index (χ1v) is 7.57. The summed E-state index contributed by atoms with van der Waals surface area (Å²) in [5.74, 6) is 0.434. The van der Waals surface area contributed by atoms with E-state index in [1.54, 1.807) is 0 Å². The Morgan fingerprint density at radius 3 is 2.47 bits per heavy atom. The number of hydrogen-bond acceptors (Lipinski definition) is 6. The third-order valence-corrected chi connectivity index (χ3v) is 4.86. The van der Waals surface area contributed by atoms with Gasteiger partial charge in [0.25, 0.3) is 0 Å². The van der Waals surface area contributed by atoms with Crippen LogP contribution in [0, 0.1) is 10.2 Å². The van der Waals surface area contributed by atoms with Crippen molar-refractivity contribution in [3.63, 3.8) is 0 Å². The van der Waals surface area contributed by atoms with Crippen LogP contribution in [-0.4, -0.2) is 51.5 Å². The van der Waals surface area contributed by atoms with Crippen molar-refractivity contribution < 1.29 is 19.2 Å². The van der Waals surface area contributed by atoms with Gasteiger partial charge >= 0.3 is 0 Å². The minimum atomic E-state index is -2.68. The smallest absolute Gasteiger partial charge is 0.166 e. The highest BCUT2D eigenvalue weighted by molar-refractivity contribution is 7.92. The molecule has 0 aromatic carbocycles. The van der Waals surface area contributed by atoms with Crippen molar-refractivity contribution in [2.45, 2.75) is 32.1 Å². The Hall–Kier alpha value is -0.210. The van der Waals surface area contributed by atoms with Crippen LogP contribution in [-0.2, 0) is 14.5 Å². The minimum Gasteiger partial charge on any atom is -0.380 e. The van der Waals surface area contributed by atoms with Crippen molar-refractivity contribution >= 4 is 9.73 Å². The van der Waals surface area contributed by atoms with Gasteiger partial charge in [-0.15, -0.1) is 0 Å². The van der Waals surface area contributed by atoms with Crippen molar-refractivity contribution in [1.82, 2.24) is 0 Å². The van der Waals surface area contributed by atoms with Crippen LogP contribution in [0.15, 0.2) is 0 Å². The molecule has 0 aliphatic carbocycles. The average molecular weight is 266 g/mol. The topological polar surface area (TPSA) is 117 Å². The number of aliphatic hydroxyl groups excluding tert-OH is 1. The lowest BCUT2D eigenvalue weighted by atomic mass is 9.86. The van der Waals surface area contributed by atoms with Crippen LogP contribution in [0.5, 0.6) is 0 Å². The first-order valence-electron chi connectivity index (χ1n) is 5.68. The molecule has 17 heavy (non-hydrogen) atoms. The molecule has 1 heterocycles. The van der Waals surface area contributed by atoms with Crippen LogP contribution in [0.25, 0.3) is 0 Å². The summed E-state index contributed by atoms with van der Waals surface area (Å²) in [5.41, 5.74) is 5.47. The van der Waals surface area contributed by atoms with Crippen LogP contribution in [0.2, 0.25) is 0 Å². The second kappa shape index (κ2) is 5.62. The van der Waals surface area contributed by atoms with Gasteiger partial charge in [-0.1, -0.05) is 6.92 Å². The van der Waals surface area contributed by atoms with E-state index in [4.69, 9.17) is 25.5 Å². The Labute approximate surface area is 102 Å². The van der Waals surface area contributed by atoms with Gasteiger partial charge < -0.3 is 20.7 Å². The van der Waals surface area contributed by atoms with Crippen LogP contribution in [0.3, 0.4) is 0 Å². The third kappa shape index (κ3) is 4.89. The number of nitrogens with two attached hydrogens (primary N) is 1. The first-order chi connectivity index (χ1) is 7.74. The molecule has 1 aliphatic rings. The highest BCUT2D eigenvalue weighted by Crippen LogP contribution is 2.31. The van der Waals surface area contributed by atoms with Crippen LogP contribution >= 0.6 is 0 Å². The molecule has 0 amide bonds. The van der Waals surface area contributed by atoms with Gasteiger partial charge in [0.15, 0.2) is 6.29 Å². The highest BCUT2D eigenvalue weighted by atomic mass is 32.2. The fourth-order valence-corrected chi connectivity index (χ4v) is 3.26. The van der Waals surface area contributed by atoms with E-state index in [0.717, 1.165) is 0 Å². The Balaban J connectivity index is 2.31. The quantitative estimate of drug-likeness (QED) is 0.463. The Bertz CT molecular complexity index is 338. The third-order valence-electron chi connectivity index (χ3n) is 3.10. The number of nitrogens with one attached hydrogen (secondary N) is 1. The summed E-state index contributed by atoms with van der Waals surface area (Å²) in [4.78, 5) is 0. The molecule has 0 saturated carbocycles. The van der Waals surface area contributed by atoms with Crippen molar-refractivity contribution in [3.05, 3.63) is 0 Å². The maximum Gasteiger partial charge on any atom is 0.166 e. The summed E-state index contributed by atoms with van der Waals surface area (Å²) in [5, 5.41) is 17.6. The van der Waals surface area contributed by atoms with Gasteiger partial charge in [-0.05, 0) is 12.8 Å². The maximum absolute atomic E-state index is 11.9. The molecule has 0 aromatic heterocycles. The van der Waals surface area contributed by atoms with Gasteiger partial charge in [0.05, 0.1) is 19.3 Å².